The van der Waals surface area contributed by atoms with Crippen LogP contribution < -0.4 is 10.6 Å². The average molecular weight is 341 g/mol. The zero-order valence-electron chi connectivity index (χ0n) is 13.6. The number of ether oxygens (including phenoxy) is 1. The zero-order chi connectivity index (χ0) is 15.9. The molecule has 0 spiro atoms. The van der Waals surface area contributed by atoms with Crippen LogP contribution in [0.15, 0.2) is 24.3 Å². The minimum atomic E-state index is -0.339. The first-order valence-electron chi connectivity index (χ1n) is 7.84. The minimum absolute atomic E-state index is 0. The van der Waals surface area contributed by atoms with Crippen molar-refractivity contribution in [2.45, 2.75) is 32.7 Å². The van der Waals surface area contributed by atoms with Crippen LogP contribution in [0.5, 0.6) is 0 Å². The van der Waals surface area contributed by atoms with Gasteiger partial charge in [-0.3, -0.25) is 9.59 Å². The molecule has 2 rings (SSSR count). The second kappa shape index (κ2) is 9.53. The summed E-state index contributed by atoms with van der Waals surface area (Å²) in [7, 11) is 0. The third-order valence-electron chi connectivity index (χ3n) is 3.99. The van der Waals surface area contributed by atoms with Gasteiger partial charge in [0.1, 0.15) is 0 Å². The Morgan fingerprint density at radius 2 is 2.13 bits per heavy atom. The maximum absolute atomic E-state index is 12.4. The molecule has 1 aromatic rings. The van der Waals surface area contributed by atoms with Crippen molar-refractivity contribution in [2.24, 2.45) is 5.92 Å². The summed E-state index contributed by atoms with van der Waals surface area (Å²) in [6.45, 7) is 5.68. The first-order chi connectivity index (χ1) is 10.6. The predicted molar refractivity (Wildman–Crippen MR) is 91.5 cm³/mol. The van der Waals surface area contributed by atoms with Crippen molar-refractivity contribution in [3.8, 4) is 0 Å². The van der Waals surface area contributed by atoms with Gasteiger partial charge >= 0.3 is 5.97 Å². The molecule has 1 aliphatic rings. The summed E-state index contributed by atoms with van der Waals surface area (Å²) in [5.74, 6) is -0.308. The lowest BCUT2D eigenvalue weighted by atomic mass is 9.97. The van der Waals surface area contributed by atoms with Crippen molar-refractivity contribution in [1.82, 2.24) is 10.6 Å². The molecule has 128 valence electrons. The first kappa shape index (κ1) is 19.5. The summed E-state index contributed by atoms with van der Waals surface area (Å²) in [6.07, 6.45) is 0.996. The van der Waals surface area contributed by atoms with Crippen molar-refractivity contribution >= 4 is 24.3 Å². The summed E-state index contributed by atoms with van der Waals surface area (Å²) in [5, 5.41) is 6.21. The van der Waals surface area contributed by atoms with Crippen LogP contribution in [0.25, 0.3) is 0 Å². The molecule has 6 heteroatoms. The molecule has 2 atom stereocenters. The van der Waals surface area contributed by atoms with Gasteiger partial charge in [-0.05, 0) is 37.9 Å². The average Bonchev–Trinajstić information content (AvgIpc) is 3.01. The van der Waals surface area contributed by atoms with Crippen LogP contribution >= 0.6 is 12.4 Å². The second-order valence-electron chi connectivity index (χ2n) is 5.62. The van der Waals surface area contributed by atoms with Crippen molar-refractivity contribution in [3.05, 3.63) is 35.4 Å². The molecule has 0 bridgehead atoms. The van der Waals surface area contributed by atoms with E-state index >= 15 is 0 Å². The van der Waals surface area contributed by atoms with Crippen LogP contribution in [-0.2, 0) is 14.3 Å². The number of hydrogen-bond acceptors (Lipinski definition) is 4. The van der Waals surface area contributed by atoms with Gasteiger partial charge in [-0.15, -0.1) is 12.4 Å². The fourth-order valence-electron chi connectivity index (χ4n) is 2.77. The summed E-state index contributed by atoms with van der Waals surface area (Å²) in [4.78, 5) is 24.2. The molecule has 1 heterocycles. The number of rotatable bonds is 6. The molecule has 0 aliphatic carbocycles. The highest BCUT2D eigenvalue weighted by Gasteiger charge is 2.27. The van der Waals surface area contributed by atoms with E-state index in [4.69, 9.17) is 4.74 Å². The maximum atomic E-state index is 12.4. The summed E-state index contributed by atoms with van der Waals surface area (Å²) >= 11 is 0. The Morgan fingerprint density at radius 3 is 2.74 bits per heavy atom. The van der Waals surface area contributed by atoms with Gasteiger partial charge < -0.3 is 15.4 Å². The highest BCUT2D eigenvalue weighted by atomic mass is 35.5. The van der Waals surface area contributed by atoms with Gasteiger partial charge in [0.25, 0.3) is 0 Å². The van der Waals surface area contributed by atoms with Crippen molar-refractivity contribution < 1.29 is 14.3 Å². The molecule has 2 unspecified atom stereocenters. The summed E-state index contributed by atoms with van der Waals surface area (Å²) in [6, 6.07) is 7.46. The normalized spacial score (nSPS) is 17.9. The Hall–Kier alpha value is -1.59. The van der Waals surface area contributed by atoms with E-state index in [1.165, 1.54) is 0 Å². The highest BCUT2D eigenvalue weighted by Crippen LogP contribution is 2.22. The van der Waals surface area contributed by atoms with Gasteiger partial charge in [-0.2, -0.15) is 0 Å². The van der Waals surface area contributed by atoms with E-state index in [2.05, 4.69) is 10.6 Å². The number of aryl methyl sites for hydroxylation is 1. The van der Waals surface area contributed by atoms with E-state index in [0.717, 1.165) is 24.1 Å². The molecule has 0 radical (unpaired) electrons. The summed E-state index contributed by atoms with van der Waals surface area (Å²) < 4.78 is 5.04. The van der Waals surface area contributed by atoms with E-state index in [-0.39, 0.29) is 42.7 Å². The van der Waals surface area contributed by atoms with Crippen LogP contribution in [-0.4, -0.2) is 31.6 Å². The molecule has 1 amide bonds. The monoisotopic (exact) mass is 340 g/mol. The maximum Gasteiger partial charge on any atom is 0.308 e. The molecule has 0 aromatic heterocycles. The highest BCUT2D eigenvalue weighted by molar-refractivity contribution is 5.85. The van der Waals surface area contributed by atoms with Gasteiger partial charge in [0.05, 0.1) is 25.0 Å². The fraction of sp³-hybridized carbons (Fsp3) is 0.529. The Balaban J connectivity index is 0.00000264. The lowest BCUT2D eigenvalue weighted by molar-refractivity contribution is -0.143. The molecule has 1 aliphatic heterocycles. The van der Waals surface area contributed by atoms with Gasteiger partial charge in [-0.1, -0.05) is 24.3 Å². The number of hydrogen-bond donors (Lipinski definition) is 2. The molecule has 23 heavy (non-hydrogen) atoms. The predicted octanol–water partition coefficient (Wildman–Crippen LogP) is 2.14. The van der Waals surface area contributed by atoms with Gasteiger partial charge in [-0.25, -0.2) is 0 Å². The Labute approximate surface area is 143 Å². The van der Waals surface area contributed by atoms with Gasteiger partial charge in [0, 0.05) is 6.54 Å². The second-order valence-corrected chi connectivity index (χ2v) is 5.62. The molecule has 2 N–H and O–H groups in total. The lowest BCUT2D eigenvalue weighted by Crippen LogP contribution is -2.36. The Bertz CT molecular complexity index is 530. The standard InChI is InChI=1S/C17H24N2O3.ClH/c1-3-22-16(20)10-15(14-7-5-4-6-12(14)2)19-17(21)13-8-9-18-11-13;/h4-7,13,15,18H,3,8-11H2,1-2H3,(H,19,21);1H. The van der Waals surface area contributed by atoms with E-state index in [0.29, 0.717) is 13.2 Å². The summed E-state index contributed by atoms with van der Waals surface area (Å²) in [5.41, 5.74) is 2.02. The Morgan fingerprint density at radius 1 is 1.39 bits per heavy atom. The minimum Gasteiger partial charge on any atom is -0.466 e. The van der Waals surface area contributed by atoms with E-state index in [1.54, 1.807) is 6.92 Å². The van der Waals surface area contributed by atoms with Crippen molar-refractivity contribution in [2.75, 3.05) is 19.7 Å². The fourth-order valence-corrected chi connectivity index (χ4v) is 2.77. The van der Waals surface area contributed by atoms with Crippen LogP contribution in [0.1, 0.15) is 36.9 Å². The molecular weight excluding hydrogens is 316 g/mol. The largest absolute Gasteiger partial charge is 0.466 e. The van der Waals surface area contributed by atoms with Crippen LogP contribution in [0.4, 0.5) is 0 Å². The van der Waals surface area contributed by atoms with Gasteiger partial charge in [0.2, 0.25) is 5.91 Å². The van der Waals surface area contributed by atoms with Gasteiger partial charge in [0.15, 0.2) is 0 Å². The number of carbonyl (C=O) groups is 2. The number of nitrogens with one attached hydrogen (secondary N) is 2. The molecule has 1 aromatic carbocycles. The third-order valence-corrected chi connectivity index (χ3v) is 3.99. The van der Waals surface area contributed by atoms with Crippen LogP contribution in [0.2, 0.25) is 0 Å². The van der Waals surface area contributed by atoms with Crippen LogP contribution in [0.3, 0.4) is 0 Å². The third kappa shape index (κ3) is 5.52. The molecule has 1 saturated heterocycles. The van der Waals surface area contributed by atoms with E-state index in [1.807, 2.05) is 31.2 Å². The quantitative estimate of drug-likeness (QED) is 0.779. The molecule has 1 fully saturated rings. The van der Waals surface area contributed by atoms with E-state index in [9.17, 15) is 9.59 Å². The number of carbonyl (C=O) groups excluding carboxylic acids is 2. The van der Waals surface area contributed by atoms with Crippen LogP contribution in [0, 0.1) is 12.8 Å². The van der Waals surface area contributed by atoms with Crippen molar-refractivity contribution in [1.29, 1.82) is 0 Å². The molecule has 5 nitrogen and oxygen atoms in total. The molecule has 0 saturated carbocycles. The topological polar surface area (TPSA) is 67.4 Å². The SMILES string of the molecule is CCOC(=O)CC(NC(=O)C1CCNC1)c1ccccc1C.Cl. The smallest absolute Gasteiger partial charge is 0.308 e. The number of benzene rings is 1. The molecular formula is C17H25ClN2O3. The Kier molecular flexibility index (Phi) is 8.06. The number of esters is 1. The number of amides is 1. The first-order valence-corrected chi connectivity index (χ1v) is 7.84. The van der Waals surface area contributed by atoms with Crippen molar-refractivity contribution in [3.63, 3.8) is 0 Å². The lowest BCUT2D eigenvalue weighted by Gasteiger charge is -2.22. The number of halogens is 1. The van der Waals surface area contributed by atoms with E-state index < -0.39 is 0 Å². The zero-order valence-corrected chi connectivity index (χ0v) is 14.4.